The quantitative estimate of drug-likeness (QED) is 0.624. The third kappa shape index (κ3) is 4.22. The van der Waals surface area contributed by atoms with Crippen molar-refractivity contribution in [1.82, 2.24) is 5.43 Å². The Kier molecular flexibility index (Phi) is 5.25. The van der Waals surface area contributed by atoms with Crippen LogP contribution in [-0.4, -0.2) is 18.5 Å². The third-order valence-electron chi connectivity index (χ3n) is 4.20. The Morgan fingerprint density at radius 3 is 2.58 bits per heavy atom. The number of anilines is 1. The Bertz CT molecular complexity index is 810. The van der Waals surface area contributed by atoms with Crippen LogP contribution in [0.1, 0.15) is 30.0 Å². The lowest BCUT2D eigenvalue weighted by atomic mass is 9.94. The first-order valence-electron chi connectivity index (χ1n) is 8.31. The molecule has 26 heavy (non-hydrogen) atoms. The second-order valence-corrected chi connectivity index (χ2v) is 6.13. The molecule has 4 nitrogen and oxygen atoms in total. The maximum Gasteiger partial charge on any atom is 0.417 e. The number of alkyl halides is 3. The second-order valence-electron chi connectivity index (χ2n) is 6.13. The van der Waals surface area contributed by atoms with Crippen LogP contribution in [0.4, 0.5) is 18.9 Å². The lowest BCUT2D eigenvalue weighted by molar-refractivity contribution is -0.137. The van der Waals surface area contributed by atoms with Crippen LogP contribution in [0.5, 0.6) is 0 Å². The summed E-state index contributed by atoms with van der Waals surface area (Å²) in [4.78, 5) is 0. The van der Waals surface area contributed by atoms with Crippen LogP contribution < -0.4 is 10.9 Å². The Morgan fingerprint density at radius 1 is 1.15 bits per heavy atom. The van der Waals surface area contributed by atoms with Crippen molar-refractivity contribution in [3.63, 3.8) is 0 Å². The molecule has 0 aromatic heterocycles. The fourth-order valence-corrected chi connectivity index (χ4v) is 2.78. The number of hydrogen-bond acceptors (Lipinski definition) is 4. The lowest BCUT2D eigenvalue weighted by Crippen LogP contribution is -2.27. The maximum absolute atomic E-state index is 13.0. The minimum atomic E-state index is -4.41. The number of hydrazone groups is 2. The molecule has 0 amide bonds. The lowest BCUT2D eigenvalue weighted by Gasteiger charge is -2.20. The van der Waals surface area contributed by atoms with Gasteiger partial charge in [0.15, 0.2) is 0 Å². The van der Waals surface area contributed by atoms with Crippen LogP contribution >= 0.6 is 0 Å². The van der Waals surface area contributed by atoms with Gasteiger partial charge in [-0.3, -0.25) is 5.43 Å². The number of nitrogens with one attached hydrogen (secondary N) is 2. The van der Waals surface area contributed by atoms with Gasteiger partial charge in [-0.05, 0) is 30.2 Å². The first-order chi connectivity index (χ1) is 12.4. The van der Waals surface area contributed by atoms with E-state index >= 15 is 0 Å². The SMILES string of the molecule is CC1CCNN=C1c1ccc(NN=Cc2ccccc2C(F)(F)F)cc1. The average molecular weight is 360 g/mol. The molecule has 0 saturated carbocycles. The largest absolute Gasteiger partial charge is 0.417 e. The molecule has 0 fully saturated rings. The van der Waals surface area contributed by atoms with Gasteiger partial charge in [0.25, 0.3) is 0 Å². The van der Waals surface area contributed by atoms with Gasteiger partial charge < -0.3 is 5.43 Å². The molecule has 1 aliphatic rings. The zero-order chi connectivity index (χ0) is 18.6. The summed E-state index contributed by atoms with van der Waals surface area (Å²) in [6.07, 6.45) is -2.20. The fraction of sp³-hybridized carbons (Fsp3) is 0.263. The van der Waals surface area contributed by atoms with E-state index < -0.39 is 11.7 Å². The molecular formula is C19H19F3N4. The molecule has 0 aliphatic carbocycles. The second kappa shape index (κ2) is 7.59. The summed E-state index contributed by atoms with van der Waals surface area (Å²) in [5.74, 6) is 0.381. The highest BCUT2D eigenvalue weighted by Gasteiger charge is 2.32. The molecule has 2 aromatic rings. The molecule has 1 heterocycles. The van der Waals surface area contributed by atoms with Crippen LogP contribution in [0, 0.1) is 5.92 Å². The van der Waals surface area contributed by atoms with Crippen LogP contribution in [0.15, 0.2) is 58.7 Å². The molecule has 0 spiro atoms. The topological polar surface area (TPSA) is 48.8 Å². The van der Waals surface area contributed by atoms with E-state index in [1.165, 1.54) is 18.3 Å². The molecule has 2 N–H and O–H groups in total. The monoisotopic (exact) mass is 360 g/mol. The Hall–Kier alpha value is -2.83. The van der Waals surface area contributed by atoms with E-state index in [1.54, 1.807) is 6.07 Å². The van der Waals surface area contributed by atoms with Crippen molar-refractivity contribution < 1.29 is 13.2 Å². The van der Waals surface area contributed by atoms with Gasteiger partial charge in [-0.25, -0.2) is 0 Å². The fourth-order valence-electron chi connectivity index (χ4n) is 2.78. The van der Waals surface area contributed by atoms with Crippen molar-refractivity contribution in [2.75, 3.05) is 12.0 Å². The van der Waals surface area contributed by atoms with Crippen molar-refractivity contribution in [2.24, 2.45) is 16.1 Å². The van der Waals surface area contributed by atoms with E-state index in [1.807, 2.05) is 24.3 Å². The van der Waals surface area contributed by atoms with Crippen molar-refractivity contribution in [1.29, 1.82) is 0 Å². The number of nitrogens with zero attached hydrogens (tertiary/aromatic N) is 2. The van der Waals surface area contributed by atoms with E-state index in [9.17, 15) is 13.2 Å². The number of halogens is 3. The zero-order valence-corrected chi connectivity index (χ0v) is 14.2. The summed E-state index contributed by atoms with van der Waals surface area (Å²) in [6.45, 7) is 3.01. The summed E-state index contributed by atoms with van der Waals surface area (Å²) in [6, 6.07) is 12.8. The van der Waals surface area contributed by atoms with Crippen molar-refractivity contribution in [3.05, 3.63) is 65.2 Å². The molecule has 7 heteroatoms. The van der Waals surface area contributed by atoms with Gasteiger partial charge in [0.1, 0.15) is 0 Å². The smallest absolute Gasteiger partial charge is 0.310 e. The van der Waals surface area contributed by atoms with Crippen LogP contribution in [0.2, 0.25) is 0 Å². The number of rotatable bonds is 4. The summed E-state index contributed by atoms with van der Waals surface area (Å²) in [7, 11) is 0. The summed E-state index contributed by atoms with van der Waals surface area (Å²) in [5.41, 5.74) is 7.78. The molecule has 3 rings (SSSR count). The predicted molar refractivity (Wildman–Crippen MR) is 97.4 cm³/mol. The Balaban J connectivity index is 1.69. The summed E-state index contributed by atoms with van der Waals surface area (Å²) >= 11 is 0. The van der Waals surface area contributed by atoms with Gasteiger partial charge in [-0.15, -0.1) is 0 Å². The molecule has 1 atom stereocenters. The standard InChI is InChI=1S/C19H19F3N4/c1-13-10-11-23-26-18(13)14-6-8-16(9-7-14)25-24-12-15-4-2-3-5-17(15)19(20,21)22/h2-9,12-13,23,25H,10-11H2,1H3. The van der Waals surface area contributed by atoms with Crippen molar-refractivity contribution in [2.45, 2.75) is 19.5 Å². The third-order valence-corrected chi connectivity index (χ3v) is 4.20. The molecule has 136 valence electrons. The molecule has 0 bridgehead atoms. The first kappa shape index (κ1) is 18.0. The summed E-state index contributed by atoms with van der Waals surface area (Å²) < 4.78 is 38.9. The maximum atomic E-state index is 13.0. The minimum absolute atomic E-state index is 0.0144. The zero-order valence-electron chi connectivity index (χ0n) is 14.2. The summed E-state index contributed by atoms with van der Waals surface area (Å²) in [5, 5.41) is 8.28. The first-order valence-corrected chi connectivity index (χ1v) is 8.31. The van der Waals surface area contributed by atoms with E-state index in [-0.39, 0.29) is 5.56 Å². The number of hydrogen-bond donors (Lipinski definition) is 2. The van der Waals surface area contributed by atoms with Gasteiger partial charge in [-0.1, -0.05) is 37.3 Å². The molecule has 0 saturated heterocycles. The normalized spacial score (nSPS) is 17.7. The molecule has 1 aliphatic heterocycles. The Labute approximate surface area is 149 Å². The molecular weight excluding hydrogens is 341 g/mol. The molecule has 1 unspecified atom stereocenters. The van der Waals surface area contributed by atoms with Crippen molar-refractivity contribution in [3.8, 4) is 0 Å². The van der Waals surface area contributed by atoms with Gasteiger partial charge in [-0.2, -0.15) is 23.4 Å². The van der Waals surface area contributed by atoms with E-state index in [0.717, 1.165) is 30.3 Å². The predicted octanol–water partition coefficient (Wildman–Crippen LogP) is 4.48. The highest BCUT2D eigenvalue weighted by Crippen LogP contribution is 2.31. The number of benzene rings is 2. The average Bonchev–Trinajstić information content (AvgIpc) is 2.62. The Morgan fingerprint density at radius 2 is 1.88 bits per heavy atom. The van der Waals surface area contributed by atoms with Gasteiger partial charge >= 0.3 is 6.18 Å². The van der Waals surface area contributed by atoms with Crippen LogP contribution in [0.25, 0.3) is 0 Å². The minimum Gasteiger partial charge on any atom is -0.310 e. The van der Waals surface area contributed by atoms with Gasteiger partial charge in [0.2, 0.25) is 0 Å². The van der Waals surface area contributed by atoms with Crippen LogP contribution in [0.3, 0.4) is 0 Å². The highest BCUT2D eigenvalue weighted by molar-refractivity contribution is 6.02. The van der Waals surface area contributed by atoms with Gasteiger partial charge in [0.05, 0.1) is 23.2 Å². The van der Waals surface area contributed by atoms with Crippen LogP contribution in [-0.2, 0) is 6.18 Å². The molecule has 0 radical (unpaired) electrons. The van der Waals surface area contributed by atoms with E-state index in [2.05, 4.69) is 28.0 Å². The van der Waals surface area contributed by atoms with E-state index in [4.69, 9.17) is 0 Å². The van der Waals surface area contributed by atoms with E-state index in [0.29, 0.717) is 11.6 Å². The van der Waals surface area contributed by atoms with Crippen molar-refractivity contribution >= 4 is 17.6 Å². The van der Waals surface area contributed by atoms with Gasteiger partial charge in [0, 0.05) is 18.0 Å². The highest BCUT2D eigenvalue weighted by atomic mass is 19.4. The molecule has 2 aromatic carbocycles.